The van der Waals surface area contributed by atoms with Crippen LogP contribution in [0.1, 0.15) is 23.1 Å². The van der Waals surface area contributed by atoms with Crippen LogP contribution in [0.3, 0.4) is 0 Å². The molecule has 1 aliphatic rings. The standard InChI is InChI=1S/C23H20Cl2N4O/c1-2-20-21(23(30)27-28-13-7-4-8-14-28)26-22(18-15-16(24)11-12-19(18)25)29(20)17-9-5-3-6-10-17/h3-13,15H,2,14H2,1H3,(H,27,30). The van der Waals surface area contributed by atoms with Crippen molar-refractivity contribution in [1.82, 2.24) is 20.0 Å². The maximum Gasteiger partial charge on any atom is 0.290 e. The average molecular weight is 439 g/mol. The molecule has 3 aromatic rings. The second-order valence-electron chi connectivity index (χ2n) is 6.74. The van der Waals surface area contributed by atoms with Gasteiger partial charge in [-0.25, -0.2) is 4.98 Å². The molecule has 152 valence electrons. The summed E-state index contributed by atoms with van der Waals surface area (Å²) >= 11 is 12.7. The number of halogens is 2. The van der Waals surface area contributed by atoms with E-state index < -0.39 is 0 Å². The van der Waals surface area contributed by atoms with Crippen LogP contribution in [0.5, 0.6) is 0 Å². The minimum absolute atomic E-state index is 0.277. The molecule has 0 atom stereocenters. The third-order valence-electron chi connectivity index (χ3n) is 4.77. The number of rotatable bonds is 5. The quantitative estimate of drug-likeness (QED) is 0.576. The number of benzene rings is 2. The smallest absolute Gasteiger partial charge is 0.290 e. The predicted molar refractivity (Wildman–Crippen MR) is 121 cm³/mol. The molecule has 1 N–H and O–H groups in total. The largest absolute Gasteiger partial charge is 0.296 e. The molecular weight excluding hydrogens is 419 g/mol. The summed E-state index contributed by atoms with van der Waals surface area (Å²) in [5.74, 6) is 0.297. The summed E-state index contributed by atoms with van der Waals surface area (Å²) in [6, 6.07) is 15.0. The molecule has 1 amide bonds. The van der Waals surface area contributed by atoms with Gasteiger partial charge in [-0.3, -0.25) is 19.8 Å². The molecule has 0 unspecified atom stereocenters. The van der Waals surface area contributed by atoms with E-state index in [0.29, 0.717) is 40.1 Å². The van der Waals surface area contributed by atoms with Crippen molar-refractivity contribution in [2.24, 2.45) is 0 Å². The van der Waals surface area contributed by atoms with Gasteiger partial charge in [-0.2, -0.15) is 0 Å². The zero-order chi connectivity index (χ0) is 21.1. The number of nitrogens with zero attached hydrogens (tertiary/aromatic N) is 3. The number of hydrogen-bond donors (Lipinski definition) is 1. The van der Waals surface area contributed by atoms with Gasteiger partial charge in [0.05, 0.1) is 17.3 Å². The second-order valence-corrected chi connectivity index (χ2v) is 7.59. The first kappa shape index (κ1) is 20.3. The van der Waals surface area contributed by atoms with Crippen molar-refractivity contribution in [2.75, 3.05) is 6.54 Å². The Bertz CT molecular complexity index is 1140. The van der Waals surface area contributed by atoms with Gasteiger partial charge >= 0.3 is 0 Å². The Morgan fingerprint density at radius 2 is 1.93 bits per heavy atom. The van der Waals surface area contributed by atoms with Crippen LogP contribution >= 0.6 is 23.2 Å². The second kappa shape index (κ2) is 8.78. The molecule has 1 aliphatic heterocycles. The number of carbonyl (C=O) groups excluding carboxylic acids is 1. The van der Waals surface area contributed by atoms with E-state index in [1.54, 1.807) is 23.2 Å². The molecule has 1 aromatic heterocycles. The number of aromatic nitrogens is 2. The molecule has 2 heterocycles. The molecule has 5 nitrogen and oxygen atoms in total. The summed E-state index contributed by atoms with van der Waals surface area (Å²) in [7, 11) is 0. The van der Waals surface area contributed by atoms with E-state index >= 15 is 0 Å². The Hall–Kier alpha value is -3.02. The summed E-state index contributed by atoms with van der Waals surface area (Å²) in [5, 5.41) is 2.78. The van der Waals surface area contributed by atoms with E-state index in [4.69, 9.17) is 28.2 Å². The van der Waals surface area contributed by atoms with Crippen LogP contribution in [-0.4, -0.2) is 27.0 Å². The highest BCUT2D eigenvalue weighted by atomic mass is 35.5. The summed E-state index contributed by atoms with van der Waals surface area (Å²) < 4.78 is 1.97. The minimum Gasteiger partial charge on any atom is -0.296 e. The van der Waals surface area contributed by atoms with E-state index in [1.807, 2.05) is 66.3 Å². The molecule has 0 bridgehead atoms. The summed E-state index contributed by atoms with van der Waals surface area (Å²) in [5.41, 5.74) is 5.62. The Labute approximate surface area is 185 Å². The molecule has 0 aliphatic carbocycles. The van der Waals surface area contributed by atoms with Crippen molar-refractivity contribution in [3.8, 4) is 17.1 Å². The Morgan fingerprint density at radius 3 is 2.63 bits per heavy atom. The number of allylic oxidation sites excluding steroid dienone is 2. The first-order chi connectivity index (χ1) is 14.6. The first-order valence-corrected chi connectivity index (χ1v) is 10.4. The number of carbonyl (C=O) groups is 1. The highest BCUT2D eigenvalue weighted by Crippen LogP contribution is 2.33. The topological polar surface area (TPSA) is 50.2 Å². The normalized spacial score (nSPS) is 13.0. The van der Waals surface area contributed by atoms with Crippen LogP contribution < -0.4 is 5.43 Å². The lowest BCUT2D eigenvalue weighted by molar-refractivity contribution is 0.0855. The Kier molecular flexibility index (Phi) is 5.93. The summed E-state index contributed by atoms with van der Waals surface area (Å²) in [4.78, 5) is 17.9. The van der Waals surface area contributed by atoms with Gasteiger partial charge in [-0.15, -0.1) is 0 Å². The fourth-order valence-corrected chi connectivity index (χ4v) is 3.77. The number of hydrazine groups is 1. The molecule has 0 saturated heterocycles. The molecule has 2 aromatic carbocycles. The van der Waals surface area contributed by atoms with E-state index in [0.717, 1.165) is 11.4 Å². The lowest BCUT2D eigenvalue weighted by atomic mass is 10.2. The zero-order valence-electron chi connectivity index (χ0n) is 16.3. The molecular formula is C23H20Cl2N4O. The van der Waals surface area contributed by atoms with Gasteiger partial charge in [-0.05, 0) is 42.8 Å². The first-order valence-electron chi connectivity index (χ1n) is 9.62. The fraction of sp³-hybridized carbons (Fsp3) is 0.130. The average Bonchev–Trinajstić information content (AvgIpc) is 3.16. The lowest BCUT2D eigenvalue weighted by Crippen LogP contribution is -2.39. The van der Waals surface area contributed by atoms with Crippen molar-refractivity contribution in [3.05, 3.63) is 94.4 Å². The van der Waals surface area contributed by atoms with Crippen LogP contribution in [0.4, 0.5) is 0 Å². The Morgan fingerprint density at radius 1 is 1.13 bits per heavy atom. The van der Waals surface area contributed by atoms with Gasteiger partial charge in [-0.1, -0.05) is 60.5 Å². The maximum absolute atomic E-state index is 13.1. The fourth-order valence-electron chi connectivity index (χ4n) is 3.40. The van der Waals surface area contributed by atoms with Crippen LogP contribution in [0, 0.1) is 0 Å². The third-order valence-corrected chi connectivity index (χ3v) is 5.33. The summed E-state index contributed by atoms with van der Waals surface area (Å²) in [6.45, 7) is 2.59. The van der Waals surface area contributed by atoms with Crippen LogP contribution in [0.15, 0.2) is 73.0 Å². The molecule has 0 radical (unpaired) electrons. The Balaban J connectivity index is 1.86. The SMILES string of the molecule is CCc1c(C(=O)NN2C=CC=CC2)nc(-c2cc(Cl)ccc2Cl)n1-c1ccccc1. The van der Waals surface area contributed by atoms with Gasteiger partial charge in [0, 0.05) is 22.5 Å². The van der Waals surface area contributed by atoms with E-state index in [1.165, 1.54) is 0 Å². The number of imidazole rings is 1. The monoisotopic (exact) mass is 438 g/mol. The maximum atomic E-state index is 13.1. The molecule has 0 fully saturated rings. The molecule has 7 heteroatoms. The van der Waals surface area contributed by atoms with Gasteiger partial charge < -0.3 is 0 Å². The predicted octanol–water partition coefficient (Wildman–Crippen LogP) is 5.44. The van der Waals surface area contributed by atoms with Crippen molar-refractivity contribution in [3.63, 3.8) is 0 Å². The van der Waals surface area contributed by atoms with Crippen molar-refractivity contribution < 1.29 is 4.79 Å². The molecule has 30 heavy (non-hydrogen) atoms. The number of nitrogens with one attached hydrogen (secondary N) is 1. The zero-order valence-corrected chi connectivity index (χ0v) is 17.9. The number of amides is 1. The highest BCUT2D eigenvalue weighted by Gasteiger charge is 2.25. The van der Waals surface area contributed by atoms with Crippen molar-refractivity contribution >= 4 is 29.1 Å². The van der Waals surface area contributed by atoms with Crippen LogP contribution in [0.25, 0.3) is 17.1 Å². The van der Waals surface area contributed by atoms with E-state index in [2.05, 4.69) is 5.43 Å². The molecule has 0 spiro atoms. The summed E-state index contributed by atoms with van der Waals surface area (Å²) in [6.07, 6.45) is 8.18. The van der Waals surface area contributed by atoms with Crippen molar-refractivity contribution in [1.29, 1.82) is 0 Å². The van der Waals surface area contributed by atoms with Gasteiger partial charge in [0.15, 0.2) is 5.69 Å². The van der Waals surface area contributed by atoms with Gasteiger partial charge in [0.1, 0.15) is 5.82 Å². The molecule has 4 rings (SSSR count). The van der Waals surface area contributed by atoms with E-state index in [9.17, 15) is 4.79 Å². The van der Waals surface area contributed by atoms with Crippen molar-refractivity contribution in [2.45, 2.75) is 13.3 Å². The lowest BCUT2D eigenvalue weighted by Gasteiger charge is -2.21. The van der Waals surface area contributed by atoms with Gasteiger partial charge in [0.2, 0.25) is 0 Å². The molecule has 0 saturated carbocycles. The van der Waals surface area contributed by atoms with E-state index in [-0.39, 0.29) is 5.91 Å². The third kappa shape index (κ3) is 3.99. The van der Waals surface area contributed by atoms with Crippen LogP contribution in [0.2, 0.25) is 10.0 Å². The van der Waals surface area contributed by atoms with Crippen LogP contribution in [-0.2, 0) is 6.42 Å². The number of para-hydroxylation sites is 1. The minimum atomic E-state index is -0.277. The van der Waals surface area contributed by atoms with Gasteiger partial charge in [0.25, 0.3) is 5.91 Å². The number of hydrogen-bond acceptors (Lipinski definition) is 3. The highest BCUT2D eigenvalue weighted by molar-refractivity contribution is 6.35.